The number of rotatable bonds is 5. The zero-order chi connectivity index (χ0) is 13.0. The molecule has 0 atom stereocenters. The molecule has 7 heteroatoms. The van der Waals surface area contributed by atoms with E-state index in [0.29, 0.717) is 22.0 Å². The van der Waals surface area contributed by atoms with Crippen molar-refractivity contribution in [3.8, 4) is 10.9 Å². The third-order valence-corrected chi connectivity index (χ3v) is 3.49. The fourth-order valence-electron chi connectivity index (χ4n) is 1.23. The Morgan fingerprint density at radius 1 is 1.44 bits per heavy atom. The molecule has 96 valence electrons. The summed E-state index contributed by atoms with van der Waals surface area (Å²) in [7, 11) is 0. The highest BCUT2D eigenvalue weighted by Gasteiger charge is 2.09. The lowest BCUT2D eigenvalue weighted by molar-refractivity contribution is 0.468. The maximum atomic E-state index is 12.9. The lowest BCUT2D eigenvalue weighted by Crippen LogP contribution is -2.11. The first-order valence-electron chi connectivity index (χ1n) is 5.35. The van der Waals surface area contributed by atoms with E-state index in [9.17, 15) is 4.39 Å². The lowest BCUT2D eigenvalue weighted by Gasteiger charge is -2.03. The van der Waals surface area contributed by atoms with Crippen molar-refractivity contribution < 1.29 is 9.13 Å². The largest absolute Gasteiger partial charge is 0.429 e. The summed E-state index contributed by atoms with van der Waals surface area (Å²) in [5, 5.41) is 12.4. The first-order valence-corrected chi connectivity index (χ1v) is 6.96. The molecule has 18 heavy (non-hydrogen) atoms. The third kappa shape index (κ3) is 3.47. The quantitative estimate of drug-likeness (QED) is 0.912. The molecule has 0 aliphatic heterocycles. The Labute approximate surface area is 116 Å². The Bertz CT molecular complexity index is 535. The summed E-state index contributed by atoms with van der Waals surface area (Å²) < 4.78 is 19.0. The van der Waals surface area contributed by atoms with Crippen LogP contribution in [0.1, 0.15) is 11.9 Å². The van der Waals surface area contributed by atoms with Crippen LogP contribution < -0.4 is 10.1 Å². The van der Waals surface area contributed by atoms with E-state index in [4.69, 9.17) is 4.74 Å². The number of benzene rings is 1. The summed E-state index contributed by atoms with van der Waals surface area (Å²) in [4.78, 5) is 0. The molecule has 1 aromatic carbocycles. The molecule has 0 saturated heterocycles. The molecule has 0 fully saturated rings. The number of hydrogen-bond acceptors (Lipinski definition) is 5. The molecular formula is C11H11BrFN3OS. The van der Waals surface area contributed by atoms with Crippen LogP contribution in [0.15, 0.2) is 22.7 Å². The zero-order valence-corrected chi connectivity index (χ0v) is 12.0. The van der Waals surface area contributed by atoms with Crippen LogP contribution in [-0.2, 0) is 6.54 Å². The Morgan fingerprint density at radius 2 is 2.28 bits per heavy atom. The average molecular weight is 332 g/mol. The molecule has 1 heterocycles. The van der Waals surface area contributed by atoms with Gasteiger partial charge in [0.25, 0.3) is 5.19 Å². The topological polar surface area (TPSA) is 47.0 Å². The van der Waals surface area contributed by atoms with Crippen molar-refractivity contribution in [1.29, 1.82) is 0 Å². The molecule has 1 N–H and O–H groups in total. The zero-order valence-electron chi connectivity index (χ0n) is 9.61. The smallest absolute Gasteiger partial charge is 0.299 e. The number of hydrogen-bond donors (Lipinski definition) is 1. The molecule has 2 rings (SSSR count). The first-order chi connectivity index (χ1) is 8.69. The van der Waals surface area contributed by atoms with Gasteiger partial charge in [0.05, 0.1) is 4.47 Å². The van der Waals surface area contributed by atoms with Crippen LogP contribution in [-0.4, -0.2) is 16.7 Å². The van der Waals surface area contributed by atoms with Crippen molar-refractivity contribution in [1.82, 2.24) is 15.5 Å². The Kier molecular flexibility index (Phi) is 4.62. The maximum Gasteiger partial charge on any atom is 0.299 e. The minimum absolute atomic E-state index is 0.320. The van der Waals surface area contributed by atoms with E-state index >= 15 is 0 Å². The standard InChI is InChI=1S/C11H11BrFN3OS/c1-2-14-6-10-15-16-11(18-10)17-9-4-3-7(13)5-8(9)12/h3-5,14H,2,6H2,1H3. The van der Waals surface area contributed by atoms with E-state index in [0.717, 1.165) is 11.6 Å². The molecule has 0 amide bonds. The molecule has 0 radical (unpaired) electrons. The highest BCUT2D eigenvalue weighted by atomic mass is 79.9. The molecule has 4 nitrogen and oxygen atoms in total. The van der Waals surface area contributed by atoms with E-state index in [1.54, 1.807) is 6.07 Å². The third-order valence-electron chi connectivity index (χ3n) is 2.07. The SMILES string of the molecule is CCNCc1nnc(Oc2ccc(F)cc2Br)s1. The van der Waals surface area contributed by atoms with Gasteiger partial charge in [0.2, 0.25) is 0 Å². The van der Waals surface area contributed by atoms with Crippen molar-refractivity contribution >= 4 is 27.3 Å². The van der Waals surface area contributed by atoms with E-state index < -0.39 is 0 Å². The average Bonchev–Trinajstić information content (AvgIpc) is 2.78. The highest BCUT2D eigenvalue weighted by Crippen LogP contribution is 2.31. The van der Waals surface area contributed by atoms with Crippen LogP contribution in [0.25, 0.3) is 0 Å². The van der Waals surface area contributed by atoms with Crippen molar-refractivity contribution in [3.63, 3.8) is 0 Å². The number of nitrogens with zero attached hydrogens (tertiary/aromatic N) is 2. The minimum Gasteiger partial charge on any atom is -0.429 e. The molecule has 0 spiro atoms. The van der Waals surface area contributed by atoms with Gasteiger partial charge in [-0.2, -0.15) is 0 Å². The van der Waals surface area contributed by atoms with Gasteiger partial charge in [-0.3, -0.25) is 0 Å². The van der Waals surface area contributed by atoms with E-state index in [-0.39, 0.29) is 5.82 Å². The van der Waals surface area contributed by atoms with Crippen molar-refractivity contribution in [2.75, 3.05) is 6.54 Å². The van der Waals surface area contributed by atoms with Crippen LogP contribution in [0.4, 0.5) is 4.39 Å². The van der Waals surface area contributed by atoms with E-state index in [1.807, 2.05) is 6.92 Å². The molecule has 0 bridgehead atoms. The molecule has 0 aliphatic rings. The molecule has 2 aromatic rings. The Balaban J connectivity index is 2.06. The monoisotopic (exact) mass is 331 g/mol. The molecule has 0 aliphatic carbocycles. The second kappa shape index (κ2) is 6.21. The van der Waals surface area contributed by atoms with E-state index in [2.05, 4.69) is 31.4 Å². The summed E-state index contributed by atoms with van der Waals surface area (Å²) >= 11 is 4.59. The first kappa shape index (κ1) is 13.4. The molecule has 0 saturated carbocycles. The molecular weight excluding hydrogens is 321 g/mol. The number of aromatic nitrogens is 2. The molecule has 1 aromatic heterocycles. The number of ether oxygens (including phenoxy) is 1. The van der Waals surface area contributed by atoms with Gasteiger partial charge >= 0.3 is 0 Å². The summed E-state index contributed by atoms with van der Waals surface area (Å²) in [6.07, 6.45) is 0. The minimum atomic E-state index is -0.320. The second-order valence-electron chi connectivity index (χ2n) is 3.42. The van der Waals surface area contributed by atoms with Gasteiger partial charge < -0.3 is 10.1 Å². The fourth-order valence-corrected chi connectivity index (χ4v) is 2.34. The second-order valence-corrected chi connectivity index (χ2v) is 5.30. The van der Waals surface area contributed by atoms with Gasteiger partial charge in [0.15, 0.2) is 0 Å². The van der Waals surface area contributed by atoms with Crippen molar-refractivity contribution in [2.45, 2.75) is 13.5 Å². The summed E-state index contributed by atoms with van der Waals surface area (Å²) in [5.74, 6) is 0.196. The van der Waals surface area contributed by atoms with Gasteiger partial charge in [0, 0.05) is 6.54 Å². The molecule has 0 unspecified atom stereocenters. The van der Waals surface area contributed by atoms with Gasteiger partial charge in [-0.15, -0.1) is 5.10 Å². The van der Waals surface area contributed by atoms with Crippen molar-refractivity contribution in [3.05, 3.63) is 33.5 Å². The summed E-state index contributed by atoms with van der Waals surface area (Å²) in [6, 6.07) is 4.22. The fraction of sp³-hybridized carbons (Fsp3) is 0.273. The maximum absolute atomic E-state index is 12.9. The summed E-state index contributed by atoms with van der Waals surface area (Å²) in [6.45, 7) is 3.56. The van der Waals surface area contributed by atoms with Crippen molar-refractivity contribution in [2.24, 2.45) is 0 Å². The van der Waals surface area contributed by atoms with E-state index in [1.165, 1.54) is 23.5 Å². The summed E-state index contributed by atoms with van der Waals surface area (Å²) in [5.41, 5.74) is 0. The van der Waals surface area contributed by atoms with Crippen LogP contribution in [0.2, 0.25) is 0 Å². The Hall–Kier alpha value is -1.05. The number of nitrogens with one attached hydrogen (secondary N) is 1. The van der Waals surface area contributed by atoms with Crippen LogP contribution in [0.5, 0.6) is 10.9 Å². The predicted octanol–water partition coefficient (Wildman–Crippen LogP) is 3.34. The van der Waals surface area contributed by atoms with Gasteiger partial charge in [-0.25, -0.2) is 4.39 Å². The predicted molar refractivity (Wildman–Crippen MR) is 71.5 cm³/mol. The van der Waals surface area contributed by atoms with Gasteiger partial charge in [-0.1, -0.05) is 23.4 Å². The van der Waals surface area contributed by atoms with Crippen LogP contribution in [0.3, 0.4) is 0 Å². The van der Waals surface area contributed by atoms with Gasteiger partial charge in [-0.05, 0) is 40.7 Å². The normalized spacial score (nSPS) is 10.6. The van der Waals surface area contributed by atoms with Crippen LogP contribution >= 0.6 is 27.3 Å². The van der Waals surface area contributed by atoms with Crippen LogP contribution in [0, 0.1) is 5.82 Å². The number of halogens is 2. The van der Waals surface area contributed by atoms with Gasteiger partial charge in [0.1, 0.15) is 16.6 Å². The highest BCUT2D eigenvalue weighted by molar-refractivity contribution is 9.10. The Morgan fingerprint density at radius 3 is 3.00 bits per heavy atom. The lowest BCUT2D eigenvalue weighted by atomic mass is 10.3.